The second-order valence-electron chi connectivity index (χ2n) is 4.69. The molecule has 0 aromatic heterocycles. The molecule has 19 heavy (non-hydrogen) atoms. The van der Waals surface area contributed by atoms with Crippen LogP contribution in [-0.4, -0.2) is 5.78 Å². The van der Waals surface area contributed by atoms with Gasteiger partial charge in [-0.25, -0.2) is 8.78 Å². The number of ketones is 1. The van der Waals surface area contributed by atoms with Crippen LogP contribution in [0.3, 0.4) is 0 Å². The lowest BCUT2D eigenvalue weighted by Crippen LogP contribution is -2.07. The summed E-state index contributed by atoms with van der Waals surface area (Å²) in [7, 11) is 0. The first-order chi connectivity index (χ1) is 8.91. The van der Waals surface area contributed by atoms with E-state index >= 15 is 0 Å². The van der Waals surface area contributed by atoms with Crippen LogP contribution < -0.4 is 0 Å². The third-order valence-electron chi connectivity index (χ3n) is 3.29. The Labute approximate surface area is 110 Å². The van der Waals surface area contributed by atoms with Gasteiger partial charge >= 0.3 is 0 Å². The molecule has 0 fully saturated rings. The maximum absolute atomic E-state index is 13.8. The van der Waals surface area contributed by atoms with Gasteiger partial charge in [0.05, 0.1) is 5.56 Å². The van der Waals surface area contributed by atoms with E-state index in [4.69, 9.17) is 0 Å². The summed E-state index contributed by atoms with van der Waals surface area (Å²) < 4.78 is 27.3. The van der Waals surface area contributed by atoms with Gasteiger partial charge < -0.3 is 0 Å². The molecule has 0 saturated carbocycles. The van der Waals surface area contributed by atoms with Crippen LogP contribution in [0.15, 0.2) is 30.3 Å². The van der Waals surface area contributed by atoms with E-state index in [-0.39, 0.29) is 11.1 Å². The molecule has 2 aromatic rings. The molecule has 2 aromatic carbocycles. The molecule has 0 aliphatic rings. The summed E-state index contributed by atoms with van der Waals surface area (Å²) in [5, 5.41) is 0. The van der Waals surface area contributed by atoms with Crippen molar-refractivity contribution in [1.29, 1.82) is 0 Å². The number of hydrogen-bond acceptors (Lipinski definition) is 1. The van der Waals surface area contributed by atoms with Crippen LogP contribution in [-0.2, 0) is 0 Å². The zero-order valence-corrected chi connectivity index (χ0v) is 11.1. The number of hydrogen-bond donors (Lipinski definition) is 0. The summed E-state index contributed by atoms with van der Waals surface area (Å²) in [5.74, 6) is -2.54. The number of carbonyl (C=O) groups excluding carboxylic acids is 1. The molecule has 0 bridgehead atoms. The highest BCUT2D eigenvalue weighted by Crippen LogP contribution is 2.20. The lowest BCUT2D eigenvalue weighted by atomic mass is 9.98. The molecule has 2 rings (SSSR count). The predicted octanol–water partition coefficient (Wildman–Crippen LogP) is 4.12. The Morgan fingerprint density at radius 2 is 1.47 bits per heavy atom. The monoisotopic (exact) mass is 260 g/mol. The van der Waals surface area contributed by atoms with Gasteiger partial charge in [0.15, 0.2) is 17.4 Å². The molecule has 0 atom stereocenters. The molecule has 0 spiro atoms. The number of aryl methyl sites for hydroxylation is 3. The van der Waals surface area contributed by atoms with Crippen molar-refractivity contribution in [3.63, 3.8) is 0 Å². The maximum Gasteiger partial charge on any atom is 0.196 e. The fraction of sp³-hybridized carbons (Fsp3) is 0.188. The van der Waals surface area contributed by atoms with E-state index in [9.17, 15) is 13.6 Å². The molecular weight excluding hydrogens is 246 g/mol. The molecule has 0 amide bonds. The van der Waals surface area contributed by atoms with Crippen LogP contribution in [0.5, 0.6) is 0 Å². The maximum atomic E-state index is 13.8. The Kier molecular flexibility index (Phi) is 3.47. The van der Waals surface area contributed by atoms with Crippen LogP contribution in [0.2, 0.25) is 0 Å². The van der Waals surface area contributed by atoms with E-state index in [0.717, 1.165) is 11.1 Å². The summed E-state index contributed by atoms with van der Waals surface area (Å²) in [6, 6.07) is 7.85. The summed E-state index contributed by atoms with van der Waals surface area (Å²) in [6.07, 6.45) is 0. The van der Waals surface area contributed by atoms with Crippen LogP contribution in [0.25, 0.3) is 0 Å². The molecule has 0 aliphatic heterocycles. The Bertz CT molecular complexity index is 660. The third kappa shape index (κ3) is 2.41. The molecule has 0 radical (unpaired) electrons. The van der Waals surface area contributed by atoms with Gasteiger partial charge in [-0.3, -0.25) is 4.79 Å². The van der Waals surface area contributed by atoms with Crippen LogP contribution >= 0.6 is 0 Å². The van der Waals surface area contributed by atoms with E-state index < -0.39 is 17.4 Å². The van der Waals surface area contributed by atoms with Crippen LogP contribution in [0.1, 0.15) is 32.6 Å². The van der Waals surface area contributed by atoms with Gasteiger partial charge in [0.2, 0.25) is 0 Å². The summed E-state index contributed by atoms with van der Waals surface area (Å²) in [4.78, 5) is 12.2. The van der Waals surface area contributed by atoms with Gasteiger partial charge in [-0.05, 0) is 49.6 Å². The van der Waals surface area contributed by atoms with Crippen molar-refractivity contribution in [3.05, 3.63) is 69.8 Å². The Morgan fingerprint density at radius 1 is 0.842 bits per heavy atom. The lowest BCUT2D eigenvalue weighted by Gasteiger charge is -2.07. The SMILES string of the molecule is Cc1ccc(C(=O)c2ccc(C)c(F)c2F)cc1C. The topological polar surface area (TPSA) is 17.1 Å². The largest absolute Gasteiger partial charge is 0.288 e. The summed E-state index contributed by atoms with van der Waals surface area (Å²) in [6.45, 7) is 5.26. The smallest absolute Gasteiger partial charge is 0.196 e. The van der Waals surface area contributed by atoms with Gasteiger partial charge in [-0.1, -0.05) is 18.2 Å². The van der Waals surface area contributed by atoms with E-state index in [1.165, 1.54) is 19.1 Å². The zero-order valence-electron chi connectivity index (χ0n) is 11.1. The van der Waals surface area contributed by atoms with Crippen LogP contribution in [0, 0.1) is 32.4 Å². The van der Waals surface area contributed by atoms with Crippen molar-refractivity contribution in [2.24, 2.45) is 0 Å². The fourth-order valence-electron chi connectivity index (χ4n) is 1.86. The summed E-state index contributed by atoms with van der Waals surface area (Å²) >= 11 is 0. The van der Waals surface area contributed by atoms with E-state index in [0.29, 0.717) is 5.56 Å². The van der Waals surface area contributed by atoms with Crippen LogP contribution in [0.4, 0.5) is 8.78 Å². The van der Waals surface area contributed by atoms with E-state index in [1.54, 1.807) is 18.2 Å². The van der Waals surface area contributed by atoms with E-state index in [1.807, 2.05) is 13.8 Å². The lowest BCUT2D eigenvalue weighted by molar-refractivity contribution is 0.103. The number of benzene rings is 2. The minimum absolute atomic E-state index is 0.189. The van der Waals surface area contributed by atoms with Gasteiger partial charge in [-0.15, -0.1) is 0 Å². The molecular formula is C16H14F2O. The Morgan fingerprint density at radius 3 is 2.11 bits per heavy atom. The summed E-state index contributed by atoms with van der Waals surface area (Å²) in [5.41, 5.74) is 2.32. The highest BCUT2D eigenvalue weighted by Gasteiger charge is 2.18. The second-order valence-corrected chi connectivity index (χ2v) is 4.69. The molecule has 0 heterocycles. The number of halogens is 2. The zero-order chi connectivity index (χ0) is 14.2. The quantitative estimate of drug-likeness (QED) is 0.742. The van der Waals surface area contributed by atoms with Crippen molar-refractivity contribution < 1.29 is 13.6 Å². The molecule has 1 nitrogen and oxygen atoms in total. The molecule has 0 N–H and O–H groups in total. The highest BCUT2D eigenvalue weighted by atomic mass is 19.2. The predicted molar refractivity (Wildman–Crippen MR) is 70.4 cm³/mol. The molecule has 0 saturated heterocycles. The fourth-order valence-corrected chi connectivity index (χ4v) is 1.86. The molecule has 98 valence electrons. The first kappa shape index (κ1) is 13.4. The van der Waals surface area contributed by atoms with Gasteiger partial charge in [0.1, 0.15) is 0 Å². The van der Waals surface area contributed by atoms with Crippen molar-refractivity contribution in [2.75, 3.05) is 0 Å². The van der Waals surface area contributed by atoms with Crippen molar-refractivity contribution >= 4 is 5.78 Å². The van der Waals surface area contributed by atoms with Gasteiger partial charge in [-0.2, -0.15) is 0 Å². The molecule has 0 aliphatic carbocycles. The standard InChI is InChI=1S/C16H14F2O/c1-9-4-6-12(8-11(9)3)16(19)13-7-5-10(2)14(17)15(13)18/h4-8H,1-3H3. The number of carbonyl (C=O) groups is 1. The van der Waals surface area contributed by atoms with Gasteiger partial charge in [0.25, 0.3) is 0 Å². The first-order valence-corrected chi connectivity index (χ1v) is 5.98. The molecule has 0 unspecified atom stereocenters. The minimum Gasteiger partial charge on any atom is -0.288 e. The van der Waals surface area contributed by atoms with Crippen molar-refractivity contribution in [3.8, 4) is 0 Å². The average Bonchev–Trinajstić information content (AvgIpc) is 2.39. The van der Waals surface area contributed by atoms with Crippen molar-refractivity contribution in [2.45, 2.75) is 20.8 Å². The van der Waals surface area contributed by atoms with Gasteiger partial charge in [0, 0.05) is 5.56 Å². The Balaban J connectivity index is 2.50. The second kappa shape index (κ2) is 4.92. The molecule has 3 heteroatoms. The highest BCUT2D eigenvalue weighted by molar-refractivity contribution is 6.09. The third-order valence-corrected chi connectivity index (χ3v) is 3.29. The normalized spacial score (nSPS) is 10.6. The average molecular weight is 260 g/mol. The van der Waals surface area contributed by atoms with E-state index in [2.05, 4.69) is 0 Å². The number of rotatable bonds is 2. The Hall–Kier alpha value is -2.03. The van der Waals surface area contributed by atoms with Crippen molar-refractivity contribution in [1.82, 2.24) is 0 Å². The first-order valence-electron chi connectivity index (χ1n) is 5.98. The minimum atomic E-state index is -1.08.